The maximum Gasteiger partial charge on any atom is 0.243 e. The molecule has 0 radical (unpaired) electrons. The predicted molar refractivity (Wildman–Crippen MR) is 86.8 cm³/mol. The predicted octanol–water partition coefficient (Wildman–Crippen LogP) is 2.13. The number of carbonyl (C=O) groups is 1. The summed E-state index contributed by atoms with van der Waals surface area (Å²) >= 11 is 3.30. The molecule has 22 heavy (non-hydrogen) atoms. The third-order valence-corrected chi connectivity index (χ3v) is 6.47. The molecule has 1 N–H and O–H groups in total. The molecule has 3 rings (SSSR count). The van der Waals surface area contributed by atoms with Gasteiger partial charge in [0.15, 0.2) is 0 Å². The highest BCUT2D eigenvalue weighted by Gasteiger charge is 2.35. The van der Waals surface area contributed by atoms with Gasteiger partial charge in [0, 0.05) is 23.6 Å². The first kappa shape index (κ1) is 16.0. The highest BCUT2D eigenvalue weighted by atomic mass is 79.9. The maximum absolute atomic E-state index is 12.7. The van der Waals surface area contributed by atoms with E-state index in [-0.39, 0.29) is 23.3 Å². The lowest BCUT2D eigenvalue weighted by Crippen LogP contribution is -2.45. The summed E-state index contributed by atoms with van der Waals surface area (Å²) in [5, 5.41) is 2.98. The van der Waals surface area contributed by atoms with E-state index in [4.69, 9.17) is 0 Å². The van der Waals surface area contributed by atoms with Crippen LogP contribution in [0.2, 0.25) is 0 Å². The summed E-state index contributed by atoms with van der Waals surface area (Å²) in [4.78, 5) is 12.4. The van der Waals surface area contributed by atoms with Crippen molar-refractivity contribution in [1.29, 1.82) is 0 Å². The minimum atomic E-state index is -3.54. The summed E-state index contributed by atoms with van der Waals surface area (Å²) in [5.74, 6) is -0.243. The van der Waals surface area contributed by atoms with E-state index in [9.17, 15) is 13.2 Å². The van der Waals surface area contributed by atoms with Crippen molar-refractivity contribution < 1.29 is 13.2 Å². The fraction of sp³-hybridized carbons (Fsp3) is 0.533. The van der Waals surface area contributed by atoms with Crippen LogP contribution in [0, 0.1) is 5.92 Å². The Morgan fingerprint density at radius 3 is 2.73 bits per heavy atom. The van der Waals surface area contributed by atoms with Crippen molar-refractivity contribution in [2.24, 2.45) is 5.92 Å². The lowest BCUT2D eigenvalue weighted by Gasteiger charge is -2.31. The van der Waals surface area contributed by atoms with Gasteiger partial charge in [0.1, 0.15) is 0 Å². The molecule has 1 saturated carbocycles. The van der Waals surface area contributed by atoms with Gasteiger partial charge in [-0.15, -0.1) is 0 Å². The Hall–Kier alpha value is -0.920. The topological polar surface area (TPSA) is 66.5 Å². The second-order valence-corrected chi connectivity index (χ2v) is 8.80. The van der Waals surface area contributed by atoms with Crippen LogP contribution >= 0.6 is 15.9 Å². The molecule has 1 amide bonds. The third kappa shape index (κ3) is 3.52. The first-order chi connectivity index (χ1) is 10.5. The number of halogens is 1. The summed E-state index contributed by atoms with van der Waals surface area (Å²) in [6.45, 7) is 0.745. The number of benzene rings is 1. The van der Waals surface area contributed by atoms with Gasteiger partial charge >= 0.3 is 0 Å². The van der Waals surface area contributed by atoms with Gasteiger partial charge in [0.05, 0.1) is 10.8 Å². The third-order valence-electron chi connectivity index (χ3n) is 4.11. The van der Waals surface area contributed by atoms with Crippen molar-refractivity contribution in [3.8, 4) is 0 Å². The minimum Gasteiger partial charge on any atom is -0.353 e. The SMILES string of the molecule is O=C(NC1CC1)C1CCCN(S(=O)(=O)c2cccc(Br)c2)C1. The largest absolute Gasteiger partial charge is 0.353 e. The van der Waals surface area contributed by atoms with Crippen LogP contribution in [-0.2, 0) is 14.8 Å². The molecule has 0 aromatic heterocycles. The summed E-state index contributed by atoms with van der Waals surface area (Å²) in [6, 6.07) is 7.00. The molecule has 1 heterocycles. The van der Waals surface area contributed by atoms with E-state index >= 15 is 0 Å². The van der Waals surface area contributed by atoms with Crippen LogP contribution in [0.5, 0.6) is 0 Å². The Morgan fingerprint density at radius 2 is 2.05 bits per heavy atom. The molecular formula is C15H19BrN2O3S. The molecule has 120 valence electrons. The van der Waals surface area contributed by atoms with Gasteiger partial charge in [-0.2, -0.15) is 4.31 Å². The lowest BCUT2D eigenvalue weighted by molar-refractivity contribution is -0.126. The van der Waals surface area contributed by atoms with Crippen LogP contribution in [0.1, 0.15) is 25.7 Å². The number of nitrogens with zero attached hydrogens (tertiary/aromatic N) is 1. The fourth-order valence-electron chi connectivity index (χ4n) is 2.70. The summed E-state index contributed by atoms with van der Waals surface area (Å²) < 4.78 is 27.6. The van der Waals surface area contributed by atoms with E-state index in [2.05, 4.69) is 21.2 Å². The van der Waals surface area contributed by atoms with E-state index in [1.165, 1.54) is 4.31 Å². The van der Waals surface area contributed by atoms with Crippen molar-refractivity contribution >= 4 is 31.9 Å². The van der Waals surface area contributed by atoms with Gasteiger partial charge in [0.25, 0.3) is 0 Å². The Balaban J connectivity index is 1.74. The first-order valence-corrected chi connectivity index (χ1v) is 9.76. The second-order valence-electron chi connectivity index (χ2n) is 5.94. The van der Waals surface area contributed by atoms with Gasteiger partial charge in [-0.25, -0.2) is 8.42 Å². The van der Waals surface area contributed by atoms with Crippen LogP contribution in [-0.4, -0.2) is 37.8 Å². The Kier molecular flexibility index (Phi) is 4.56. The molecule has 1 aromatic carbocycles. The minimum absolute atomic E-state index is 0.00311. The summed E-state index contributed by atoms with van der Waals surface area (Å²) in [5.41, 5.74) is 0. The molecule has 1 aromatic rings. The number of amides is 1. The smallest absolute Gasteiger partial charge is 0.243 e. The van der Waals surface area contributed by atoms with Crippen molar-refractivity contribution in [1.82, 2.24) is 9.62 Å². The van der Waals surface area contributed by atoms with Crippen LogP contribution in [0.4, 0.5) is 0 Å². The fourth-order valence-corrected chi connectivity index (χ4v) is 4.82. The molecule has 1 unspecified atom stereocenters. The lowest BCUT2D eigenvalue weighted by atomic mass is 9.99. The van der Waals surface area contributed by atoms with Gasteiger partial charge in [-0.3, -0.25) is 4.79 Å². The molecule has 2 fully saturated rings. The molecular weight excluding hydrogens is 368 g/mol. The summed E-state index contributed by atoms with van der Waals surface area (Å²) in [7, 11) is -3.54. The normalized spacial score (nSPS) is 23.2. The molecule has 1 aliphatic heterocycles. The van der Waals surface area contributed by atoms with E-state index < -0.39 is 10.0 Å². The van der Waals surface area contributed by atoms with E-state index in [1.54, 1.807) is 24.3 Å². The number of piperidine rings is 1. The van der Waals surface area contributed by atoms with Crippen LogP contribution in [0.25, 0.3) is 0 Å². The standard InChI is InChI=1S/C15H19BrN2O3S/c16-12-4-1-5-14(9-12)22(20,21)18-8-2-3-11(10-18)15(19)17-13-6-7-13/h1,4-5,9,11,13H,2-3,6-8,10H2,(H,17,19). The summed E-state index contributed by atoms with van der Waals surface area (Å²) in [6.07, 6.45) is 3.55. The molecule has 0 bridgehead atoms. The molecule has 5 nitrogen and oxygen atoms in total. The molecule has 0 spiro atoms. The molecule has 2 aliphatic rings. The number of rotatable bonds is 4. The molecule has 1 saturated heterocycles. The van der Waals surface area contributed by atoms with E-state index in [0.717, 1.165) is 30.2 Å². The average Bonchev–Trinajstić information content (AvgIpc) is 3.31. The highest BCUT2D eigenvalue weighted by Crippen LogP contribution is 2.26. The van der Waals surface area contributed by atoms with Crippen LogP contribution in [0.15, 0.2) is 33.6 Å². The molecule has 1 aliphatic carbocycles. The van der Waals surface area contributed by atoms with Gasteiger partial charge in [-0.05, 0) is 43.9 Å². The molecule has 7 heteroatoms. The van der Waals surface area contributed by atoms with E-state index in [0.29, 0.717) is 12.6 Å². The van der Waals surface area contributed by atoms with Gasteiger partial charge in [0.2, 0.25) is 15.9 Å². The van der Waals surface area contributed by atoms with Gasteiger partial charge in [-0.1, -0.05) is 22.0 Å². The Bertz CT molecular complexity index is 673. The van der Waals surface area contributed by atoms with Crippen molar-refractivity contribution in [3.05, 3.63) is 28.7 Å². The monoisotopic (exact) mass is 386 g/mol. The zero-order valence-electron chi connectivity index (χ0n) is 12.2. The van der Waals surface area contributed by atoms with Crippen LogP contribution < -0.4 is 5.32 Å². The van der Waals surface area contributed by atoms with Crippen molar-refractivity contribution in [3.63, 3.8) is 0 Å². The highest BCUT2D eigenvalue weighted by molar-refractivity contribution is 9.10. The van der Waals surface area contributed by atoms with Gasteiger partial charge < -0.3 is 5.32 Å². The van der Waals surface area contributed by atoms with Crippen LogP contribution in [0.3, 0.4) is 0 Å². The van der Waals surface area contributed by atoms with Crippen molar-refractivity contribution in [2.45, 2.75) is 36.6 Å². The molecule has 1 atom stereocenters. The van der Waals surface area contributed by atoms with E-state index in [1.807, 2.05) is 0 Å². The zero-order valence-corrected chi connectivity index (χ0v) is 14.6. The quantitative estimate of drug-likeness (QED) is 0.861. The number of sulfonamides is 1. The van der Waals surface area contributed by atoms with Crippen molar-refractivity contribution in [2.75, 3.05) is 13.1 Å². The first-order valence-electron chi connectivity index (χ1n) is 7.53. The number of hydrogen-bond donors (Lipinski definition) is 1. The average molecular weight is 387 g/mol. The maximum atomic E-state index is 12.7. The number of carbonyl (C=O) groups excluding carboxylic acids is 1. The second kappa shape index (κ2) is 6.29. The Morgan fingerprint density at radius 1 is 1.27 bits per heavy atom. The number of hydrogen-bond acceptors (Lipinski definition) is 3. The number of nitrogens with one attached hydrogen (secondary N) is 1. The zero-order chi connectivity index (χ0) is 15.7. The Labute approximate surface area is 139 Å².